The van der Waals surface area contributed by atoms with E-state index in [-0.39, 0.29) is 23.0 Å². The zero-order valence-corrected chi connectivity index (χ0v) is 19.5. The normalized spacial score (nSPS) is 13.5. The quantitative estimate of drug-likeness (QED) is 0.451. The molecule has 1 rings (SSSR count). The average Bonchev–Trinajstić information content (AvgIpc) is 2.70. The average molecular weight is 475 g/mol. The number of hydrogen-bond acceptors (Lipinski definition) is 5. The maximum absolute atomic E-state index is 12.2. The third-order valence-corrected chi connectivity index (χ3v) is 4.31. The fraction of sp³-hybridized carbons (Fsp3) is 0.522. The van der Waals surface area contributed by atoms with Gasteiger partial charge in [-0.25, -0.2) is 4.79 Å². The van der Waals surface area contributed by atoms with Gasteiger partial charge in [0.1, 0.15) is 11.5 Å². The van der Waals surface area contributed by atoms with E-state index >= 15 is 0 Å². The molecule has 7 nitrogen and oxygen atoms in total. The van der Waals surface area contributed by atoms with E-state index in [1.165, 1.54) is 6.08 Å². The summed E-state index contributed by atoms with van der Waals surface area (Å²) in [5, 5.41) is 9.93. The van der Waals surface area contributed by atoms with Crippen LogP contribution >= 0.6 is 0 Å². The zero-order chi connectivity index (χ0) is 25.8. The van der Waals surface area contributed by atoms with E-state index in [4.69, 9.17) is 20.4 Å². The van der Waals surface area contributed by atoms with Crippen LogP contribution in [0.3, 0.4) is 0 Å². The van der Waals surface area contributed by atoms with E-state index in [1.807, 2.05) is 13.0 Å². The van der Waals surface area contributed by atoms with Gasteiger partial charge in [-0.05, 0) is 54.5 Å². The van der Waals surface area contributed by atoms with E-state index in [0.717, 1.165) is 12.2 Å². The molecule has 0 saturated carbocycles. The van der Waals surface area contributed by atoms with Crippen LogP contribution in [0.5, 0.6) is 5.75 Å². The second-order valence-corrected chi connectivity index (χ2v) is 8.59. The van der Waals surface area contributed by atoms with Gasteiger partial charge < -0.3 is 20.9 Å². The molecule has 0 saturated heterocycles. The minimum atomic E-state index is -5.08. The van der Waals surface area contributed by atoms with Gasteiger partial charge in [-0.2, -0.15) is 13.2 Å². The molecule has 4 N–H and O–H groups in total. The molecule has 0 spiro atoms. The second-order valence-electron chi connectivity index (χ2n) is 8.59. The van der Waals surface area contributed by atoms with Gasteiger partial charge >= 0.3 is 12.1 Å². The molecule has 2 atom stereocenters. The Morgan fingerprint density at radius 3 is 2.06 bits per heavy atom. The van der Waals surface area contributed by atoms with E-state index in [0.29, 0.717) is 18.5 Å². The molecular weight excluding hydrogens is 441 g/mol. The highest BCUT2D eigenvalue weighted by molar-refractivity contribution is 5.99. The van der Waals surface area contributed by atoms with Gasteiger partial charge in [0.25, 0.3) is 0 Å². The molecule has 1 aromatic carbocycles. The Labute approximate surface area is 192 Å². The van der Waals surface area contributed by atoms with Crippen molar-refractivity contribution in [2.24, 2.45) is 17.1 Å². The van der Waals surface area contributed by atoms with Crippen molar-refractivity contribution in [2.75, 3.05) is 12.4 Å². The summed E-state index contributed by atoms with van der Waals surface area (Å²) in [6.45, 7) is 8.26. The number of allylic oxidation sites excluding steroid dienone is 1. The number of ketones is 1. The Kier molecular flexibility index (Phi) is 12.4. The van der Waals surface area contributed by atoms with Crippen molar-refractivity contribution >= 4 is 23.3 Å². The van der Waals surface area contributed by atoms with Crippen LogP contribution in [0, 0.1) is 11.3 Å². The lowest BCUT2D eigenvalue weighted by Gasteiger charge is -2.24. The highest BCUT2D eigenvalue weighted by Gasteiger charge is 2.38. The summed E-state index contributed by atoms with van der Waals surface area (Å²) in [4.78, 5) is 33.3. The Morgan fingerprint density at radius 2 is 1.67 bits per heavy atom. The van der Waals surface area contributed by atoms with E-state index in [1.54, 1.807) is 31.4 Å². The number of rotatable bonds is 9. The van der Waals surface area contributed by atoms with Crippen LogP contribution in [-0.2, 0) is 14.4 Å². The molecule has 10 heteroatoms. The number of halogens is 3. The van der Waals surface area contributed by atoms with Crippen LogP contribution < -0.4 is 15.8 Å². The maximum Gasteiger partial charge on any atom is 0.490 e. The number of methoxy groups -OCH3 is 1. The number of carboxylic acids is 1. The third-order valence-electron chi connectivity index (χ3n) is 4.31. The predicted octanol–water partition coefficient (Wildman–Crippen LogP) is 4.57. The summed E-state index contributed by atoms with van der Waals surface area (Å²) < 4.78 is 36.8. The highest BCUT2D eigenvalue weighted by Crippen LogP contribution is 2.28. The number of Topliss-reactive ketones (excluding diaryl/α,β-unsaturated/α-hetero) is 1. The van der Waals surface area contributed by atoms with Gasteiger partial charge in [-0.15, -0.1) is 0 Å². The first-order valence-corrected chi connectivity index (χ1v) is 10.3. The van der Waals surface area contributed by atoms with Crippen molar-refractivity contribution in [3.63, 3.8) is 0 Å². The number of anilines is 1. The molecule has 0 aliphatic rings. The van der Waals surface area contributed by atoms with Gasteiger partial charge in [0, 0.05) is 12.1 Å². The third kappa shape index (κ3) is 14.0. The first kappa shape index (κ1) is 30.1. The standard InChI is InChI=1S/C21H32N2O3.C2HF3O2/c1-6-18(22)19(24)13-15(14-21(2,3)4)7-12-20(25)23-16-8-10-17(26-5)11-9-16;3-2(4,5)1(6)7/h7-12,15,18H,6,13-14,22H2,1-5H3,(H,23,25);(H,6,7)/b12-7+;/t15-,18-;/m0./s1. The lowest BCUT2D eigenvalue weighted by atomic mass is 9.81. The lowest BCUT2D eigenvalue weighted by Crippen LogP contribution is -2.31. The van der Waals surface area contributed by atoms with Crippen molar-refractivity contribution in [1.29, 1.82) is 0 Å². The summed E-state index contributed by atoms with van der Waals surface area (Å²) >= 11 is 0. The van der Waals surface area contributed by atoms with E-state index in [9.17, 15) is 22.8 Å². The number of carbonyl (C=O) groups excluding carboxylic acids is 2. The second kappa shape index (κ2) is 13.6. The minimum absolute atomic E-state index is 0.0123. The van der Waals surface area contributed by atoms with Crippen LogP contribution in [-0.4, -0.2) is 42.1 Å². The van der Waals surface area contributed by atoms with Crippen molar-refractivity contribution in [1.82, 2.24) is 0 Å². The summed E-state index contributed by atoms with van der Waals surface area (Å²) in [5.74, 6) is -2.22. The van der Waals surface area contributed by atoms with Crippen LogP contribution in [0.15, 0.2) is 36.4 Å². The van der Waals surface area contributed by atoms with Gasteiger partial charge in [0.15, 0.2) is 0 Å². The van der Waals surface area contributed by atoms with Gasteiger partial charge in [0.05, 0.1) is 13.2 Å². The van der Waals surface area contributed by atoms with Crippen molar-refractivity contribution in [3.05, 3.63) is 36.4 Å². The topological polar surface area (TPSA) is 119 Å². The molecule has 1 aromatic rings. The first-order valence-electron chi connectivity index (χ1n) is 10.3. The van der Waals surface area contributed by atoms with Crippen LogP contribution in [0.4, 0.5) is 18.9 Å². The van der Waals surface area contributed by atoms with Crippen LogP contribution in [0.1, 0.15) is 47.0 Å². The molecule has 0 aromatic heterocycles. The fourth-order valence-corrected chi connectivity index (χ4v) is 2.71. The SMILES string of the molecule is CC[C@H](N)C(=O)C[C@H](/C=C/C(=O)Nc1ccc(OC)cc1)CC(C)(C)C.O=C(O)C(F)(F)F. The molecule has 186 valence electrons. The Morgan fingerprint density at radius 1 is 1.15 bits per heavy atom. The summed E-state index contributed by atoms with van der Waals surface area (Å²) in [7, 11) is 1.59. The molecule has 0 radical (unpaired) electrons. The predicted molar refractivity (Wildman–Crippen MR) is 120 cm³/mol. The number of carboxylic acid groups (broad SMARTS) is 1. The highest BCUT2D eigenvalue weighted by atomic mass is 19.4. The molecule has 33 heavy (non-hydrogen) atoms. The number of benzene rings is 1. The number of carbonyl (C=O) groups is 3. The number of nitrogens with one attached hydrogen (secondary N) is 1. The maximum atomic E-state index is 12.2. The molecular formula is C23H33F3N2O5. The molecule has 0 bridgehead atoms. The summed E-state index contributed by atoms with van der Waals surface area (Å²) in [5.41, 5.74) is 6.59. The van der Waals surface area contributed by atoms with Gasteiger partial charge in [0.2, 0.25) is 5.91 Å². The zero-order valence-electron chi connectivity index (χ0n) is 19.5. The number of hydrogen-bond donors (Lipinski definition) is 3. The number of alkyl halides is 3. The smallest absolute Gasteiger partial charge is 0.490 e. The Bertz CT molecular complexity index is 800. The first-order chi connectivity index (χ1) is 15.1. The Balaban J connectivity index is 0.00000126. The monoisotopic (exact) mass is 474 g/mol. The van der Waals surface area contributed by atoms with E-state index < -0.39 is 18.2 Å². The molecule has 1 amide bonds. The summed E-state index contributed by atoms with van der Waals surface area (Å²) in [6, 6.07) is 6.69. The van der Waals surface area contributed by atoms with Crippen LogP contribution in [0.25, 0.3) is 0 Å². The van der Waals surface area contributed by atoms with Gasteiger partial charge in [-0.1, -0.05) is 33.8 Å². The Hall–Kier alpha value is -2.88. The van der Waals surface area contributed by atoms with Crippen molar-refractivity contribution in [3.8, 4) is 5.75 Å². The summed E-state index contributed by atoms with van der Waals surface area (Å²) in [6.07, 6.45) is 0.0403. The molecule has 0 heterocycles. The van der Waals surface area contributed by atoms with Gasteiger partial charge in [-0.3, -0.25) is 9.59 Å². The molecule has 0 aliphatic heterocycles. The minimum Gasteiger partial charge on any atom is -0.497 e. The lowest BCUT2D eigenvalue weighted by molar-refractivity contribution is -0.192. The van der Waals surface area contributed by atoms with Crippen molar-refractivity contribution in [2.45, 2.75) is 59.2 Å². The number of amides is 1. The molecule has 0 fully saturated rings. The largest absolute Gasteiger partial charge is 0.497 e. The molecule has 0 aliphatic carbocycles. The number of nitrogens with two attached hydrogens (primary N) is 1. The van der Waals surface area contributed by atoms with Crippen LogP contribution in [0.2, 0.25) is 0 Å². The molecule has 0 unspecified atom stereocenters. The van der Waals surface area contributed by atoms with Crippen molar-refractivity contribution < 1.29 is 37.4 Å². The fourth-order valence-electron chi connectivity index (χ4n) is 2.71. The number of ether oxygens (including phenoxy) is 1. The van der Waals surface area contributed by atoms with E-state index in [2.05, 4.69) is 26.1 Å². The number of aliphatic carboxylic acids is 1.